The van der Waals surface area contributed by atoms with Gasteiger partial charge in [-0.1, -0.05) is 0 Å². The molecular weight excluding hydrogens is 1040 g/mol. The van der Waals surface area contributed by atoms with Crippen LogP contribution in [0.2, 0.25) is 0 Å². The van der Waals surface area contributed by atoms with Crippen LogP contribution in [-0.4, -0.2) is 76.8 Å². The molecule has 0 radical (unpaired) electrons. The third-order valence-electron chi connectivity index (χ3n) is 8.43. The molecule has 0 amide bonds. The molecule has 8 bridgehead atoms. The van der Waals surface area contributed by atoms with Crippen LogP contribution in [0.3, 0.4) is 0 Å². The second kappa shape index (κ2) is 26.8. The van der Waals surface area contributed by atoms with Crippen molar-refractivity contribution >= 4 is 86.8 Å². The Balaban J connectivity index is 0.000000209. The molecule has 71 heavy (non-hydrogen) atoms. The van der Waals surface area contributed by atoms with Gasteiger partial charge in [-0.2, -0.15) is 179 Å². The first-order chi connectivity index (χ1) is 33.3. The Labute approximate surface area is 423 Å². The van der Waals surface area contributed by atoms with E-state index in [9.17, 15) is 33.7 Å². The van der Waals surface area contributed by atoms with Gasteiger partial charge in [0.25, 0.3) is 30.4 Å². The van der Waals surface area contributed by atoms with Crippen molar-refractivity contribution in [2.45, 2.75) is 19.7 Å². The van der Waals surface area contributed by atoms with Gasteiger partial charge >= 0.3 is 10.1 Å². The number of aromatic amines is 2. The predicted octanol–water partition coefficient (Wildman–Crippen LogP) is 8.67. The molecule has 0 aliphatic carbocycles. The molecular formula is C49H39N5O12S4Zn-4. The van der Waals surface area contributed by atoms with Crippen molar-refractivity contribution in [3.8, 4) is 0 Å². The molecule has 0 spiro atoms. The first kappa shape index (κ1) is 56.5. The zero-order chi connectivity index (χ0) is 50.6. The number of pyridine rings is 1. The topological polar surface area (TPSA) is 288 Å². The molecule has 6 N–H and O–H groups in total. The maximum Gasteiger partial charge on any atom is 0.313 e. The zero-order valence-electron chi connectivity index (χ0n) is 36.8. The number of H-pyrrole nitrogens is 2. The van der Waals surface area contributed by atoms with Crippen molar-refractivity contribution in [3.05, 3.63) is 223 Å². The summed E-state index contributed by atoms with van der Waals surface area (Å²) in [5.41, 5.74) is 7.86. The first-order valence-electron chi connectivity index (χ1n) is 19.9. The van der Waals surface area contributed by atoms with E-state index in [4.69, 9.17) is 18.2 Å². The molecule has 0 unspecified atom stereocenters. The van der Waals surface area contributed by atoms with Gasteiger partial charge < -0.3 is 9.97 Å². The summed E-state index contributed by atoms with van der Waals surface area (Å²) in [5, 5.41) is -1.98. The molecule has 0 saturated carbocycles. The number of rotatable bonds is 4. The SMILES string of the molecule is C1=Cc2cc3ccc(cc4ccc(cc5nc(cc1n2)C=C5)[nH]4)[nH]3.O=S(=O)(O)c1cnc(S(=O)(=O)O)c(S(=O)(=O)O)c1S(=O)(=O)O.[Zn].[c-]1ccccc1.[c-]1ccccc1.[c-]1ccccc1.[c-]1ccccc1. The van der Waals surface area contributed by atoms with Crippen molar-refractivity contribution in [2.24, 2.45) is 0 Å². The maximum atomic E-state index is 11.1. The molecule has 4 aromatic heterocycles. The van der Waals surface area contributed by atoms with E-state index in [-0.39, 0.29) is 25.7 Å². The van der Waals surface area contributed by atoms with E-state index in [2.05, 4.69) is 79.5 Å². The van der Waals surface area contributed by atoms with Gasteiger partial charge in [0.05, 0.1) is 29.0 Å². The first-order valence-corrected chi connectivity index (χ1v) is 25.7. The van der Waals surface area contributed by atoms with E-state index in [0.29, 0.717) is 0 Å². The van der Waals surface area contributed by atoms with Gasteiger partial charge in [-0.3, -0.25) is 18.2 Å². The van der Waals surface area contributed by atoms with Crippen LogP contribution in [0.15, 0.2) is 196 Å². The van der Waals surface area contributed by atoms with Crippen LogP contribution in [0, 0.1) is 24.3 Å². The third kappa shape index (κ3) is 19.3. The summed E-state index contributed by atoms with van der Waals surface area (Å²) in [5.74, 6) is 0. The van der Waals surface area contributed by atoms with Crippen LogP contribution in [0.25, 0.3) is 46.4 Å². The number of aromatic nitrogens is 5. The molecule has 4 aromatic carbocycles. The van der Waals surface area contributed by atoms with Crippen LogP contribution >= 0.6 is 0 Å². The molecule has 17 nitrogen and oxygen atoms in total. The van der Waals surface area contributed by atoms with Crippen LogP contribution in [0.1, 0.15) is 22.8 Å². The Morgan fingerprint density at radius 2 is 0.690 bits per heavy atom. The minimum absolute atomic E-state index is 0. The number of fused-ring (bicyclic) bond motifs is 8. The Hall–Kier alpha value is -7.11. The van der Waals surface area contributed by atoms with Crippen LogP contribution in [-0.2, 0) is 60.0 Å². The predicted molar refractivity (Wildman–Crippen MR) is 263 cm³/mol. The van der Waals surface area contributed by atoms with E-state index >= 15 is 0 Å². The summed E-state index contributed by atoms with van der Waals surface area (Å²) in [7, 11) is -22.7. The molecule has 10 rings (SSSR count). The fourth-order valence-electron chi connectivity index (χ4n) is 5.59. The fraction of sp³-hybridized carbons (Fsp3) is 0. The summed E-state index contributed by atoms with van der Waals surface area (Å²) in [6.45, 7) is 0. The van der Waals surface area contributed by atoms with Gasteiger partial charge in [-0.15, -0.1) is 0 Å². The molecule has 2 aliphatic heterocycles. The normalized spacial score (nSPS) is 11.3. The van der Waals surface area contributed by atoms with E-state index < -0.39 is 60.2 Å². The monoisotopic (exact) mass is 1080 g/mol. The number of hydrogen-bond acceptors (Lipinski definition) is 11. The average Bonchev–Trinajstić information content (AvgIpc) is 4.18. The van der Waals surface area contributed by atoms with Crippen LogP contribution < -0.4 is 0 Å². The van der Waals surface area contributed by atoms with E-state index in [1.54, 1.807) is 0 Å². The maximum absolute atomic E-state index is 11.1. The molecule has 8 aromatic rings. The minimum Gasteiger partial charge on any atom is -0.355 e. The summed E-state index contributed by atoms with van der Waals surface area (Å²) in [6, 6.07) is 66.4. The largest absolute Gasteiger partial charge is 0.355 e. The summed E-state index contributed by atoms with van der Waals surface area (Å²) < 4.78 is 124. The number of nitrogens with one attached hydrogen (secondary N) is 2. The standard InChI is InChI=1S/C20H14N4.4C6H5.C5H5NO12S4.Zn/c1-2-14-10-16-5-6-18(23-16)12-20-8-7-19(24-20)11-17-4-3-15(22-17)9-13(1)21-14;4*1-2-4-6-5-3-1;7-19(8,9)2-1-6-5(22(16,17)18)4(21(13,14)15)3(2)20(10,11)12;/h1-12,21-22H;4*1-5H;1H,(H,7,8,9)(H,10,11,12)(H,13,14,15)(H,16,17,18);/q;4*-1;;. The number of nitrogens with zero attached hydrogens (tertiary/aromatic N) is 3. The van der Waals surface area contributed by atoms with Gasteiger partial charge in [0.2, 0.25) is 5.03 Å². The second-order valence-corrected chi connectivity index (χ2v) is 19.1. The van der Waals surface area contributed by atoms with Gasteiger partial charge in [-0.05, 0) is 72.8 Å². The zero-order valence-corrected chi connectivity index (χ0v) is 43.0. The third-order valence-corrected chi connectivity index (χ3v) is 12.3. The second-order valence-electron chi connectivity index (χ2n) is 13.7. The molecule has 362 valence electrons. The van der Waals surface area contributed by atoms with E-state index in [1.807, 2.05) is 164 Å². The van der Waals surface area contributed by atoms with Crippen molar-refractivity contribution in [3.63, 3.8) is 0 Å². The van der Waals surface area contributed by atoms with Crippen LogP contribution in [0.4, 0.5) is 0 Å². The minimum atomic E-state index is -5.83. The smallest absolute Gasteiger partial charge is 0.313 e. The molecule has 22 heteroatoms. The van der Waals surface area contributed by atoms with Crippen molar-refractivity contribution in [1.82, 2.24) is 24.9 Å². The molecule has 0 saturated heterocycles. The van der Waals surface area contributed by atoms with Crippen molar-refractivity contribution in [1.29, 1.82) is 0 Å². The van der Waals surface area contributed by atoms with Crippen molar-refractivity contribution in [2.75, 3.05) is 0 Å². The van der Waals surface area contributed by atoms with Gasteiger partial charge in [0.1, 0.15) is 9.79 Å². The van der Waals surface area contributed by atoms with Gasteiger partial charge in [-0.25, -0.2) is 15.0 Å². The molecule has 6 heterocycles. The van der Waals surface area contributed by atoms with Gasteiger partial charge in [0, 0.05) is 41.5 Å². The summed E-state index contributed by atoms with van der Waals surface area (Å²) >= 11 is 0. The Kier molecular flexibility index (Phi) is 21.3. The quantitative estimate of drug-likeness (QED) is 0.0546. The van der Waals surface area contributed by atoms with E-state index in [0.717, 1.165) is 44.8 Å². The summed E-state index contributed by atoms with van der Waals surface area (Å²) in [4.78, 5) is 12.4. The Morgan fingerprint density at radius 1 is 0.380 bits per heavy atom. The Morgan fingerprint density at radius 3 is 0.944 bits per heavy atom. The van der Waals surface area contributed by atoms with Crippen LogP contribution in [0.5, 0.6) is 0 Å². The Bertz CT molecular complexity index is 3250. The molecule has 2 aliphatic rings. The van der Waals surface area contributed by atoms with Gasteiger partial charge in [0.15, 0.2) is 4.90 Å². The number of benzene rings is 4. The fourth-order valence-corrected chi connectivity index (χ4v) is 9.92. The van der Waals surface area contributed by atoms with Crippen molar-refractivity contribution < 1.29 is 71.4 Å². The molecule has 0 fully saturated rings. The summed E-state index contributed by atoms with van der Waals surface area (Å²) in [6.07, 6.45) is 7.89. The molecule has 0 atom stereocenters. The number of hydrogen-bond donors (Lipinski definition) is 6. The average molecular weight is 1080 g/mol. The van der Waals surface area contributed by atoms with E-state index in [1.165, 1.54) is 0 Å².